The lowest BCUT2D eigenvalue weighted by Crippen LogP contribution is -2.04. The molecule has 0 N–H and O–H groups in total. The maximum atomic E-state index is 12.3. The van der Waals surface area contributed by atoms with Crippen LogP contribution >= 0.6 is 11.3 Å². The summed E-state index contributed by atoms with van der Waals surface area (Å²) >= 11 is 1.39. The largest absolute Gasteiger partial charge is 0.335 e. The number of thiophene rings is 1. The minimum Gasteiger partial charge on any atom is -0.335 e. The van der Waals surface area contributed by atoms with Crippen molar-refractivity contribution in [3.05, 3.63) is 40.1 Å². The summed E-state index contributed by atoms with van der Waals surface area (Å²) in [6.45, 7) is 1.95. The van der Waals surface area contributed by atoms with Gasteiger partial charge in [0.05, 0.1) is 16.0 Å². The Labute approximate surface area is 106 Å². The molecule has 3 rings (SSSR count). The fraction of sp³-hybridized carbons (Fsp3) is 0.167. The Morgan fingerprint density at radius 1 is 1.44 bits per heavy atom. The van der Waals surface area contributed by atoms with Crippen LogP contribution in [-0.4, -0.2) is 20.9 Å². The lowest BCUT2D eigenvalue weighted by Gasteiger charge is -1.98. The standard InChI is InChI=1S/C12H9N3O2S/c1-2-7-9-10(11(16)8-4-3-5-18-8)13-6-14-12(9)17-15-7/h3-6H,2H2,1H3. The van der Waals surface area contributed by atoms with Crippen LogP contribution in [0, 0.1) is 0 Å². The van der Waals surface area contributed by atoms with Crippen LogP contribution in [0.15, 0.2) is 28.4 Å². The molecule has 5 nitrogen and oxygen atoms in total. The molecule has 0 atom stereocenters. The molecular weight excluding hydrogens is 250 g/mol. The molecule has 0 aromatic carbocycles. The number of fused-ring (bicyclic) bond motifs is 1. The van der Waals surface area contributed by atoms with Crippen LogP contribution in [-0.2, 0) is 6.42 Å². The normalized spacial score (nSPS) is 10.9. The molecule has 0 bridgehead atoms. The summed E-state index contributed by atoms with van der Waals surface area (Å²) in [5.74, 6) is -0.115. The van der Waals surface area contributed by atoms with Gasteiger partial charge in [0, 0.05) is 0 Å². The fourth-order valence-corrected chi connectivity index (χ4v) is 2.45. The predicted molar refractivity (Wildman–Crippen MR) is 66.7 cm³/mol. The van der Waals surface area contributed by atoms with Crippen LogP contribution in [0.25, 0.3) is 11.1 Å². The molecule has 6 heteroatoms. The molecule has 0 saturated carbocycles. The van der Waals surface area contributed by atoms with Crippen molar-refractivity contribution in [3.8, 4) is 0 Å². The highest BCUT2D eigenvalue weighted by Crippen LogP contribution is 2.23. The van der Waals surface area contributed by atoms with Crippen LogP contribution in [0.1, 0.15) is 28.0 Å². The Morgan fingerprint density at radius 2 is 2.33 bits per heavy atom. The summed E-state index contributed by atoms with van der Waals surface area (Å²) in [7, 11) is 0. The number of hydrogen-bond donors (Lipinski definition) is 0. The number of carbonyl (C=O) groups excluding carboxylic acids is 1. The number of aryl methyl sites for hydroxylation is 1. The fourth-order valence-electron chi connectivity index (χ4n) is 1.78. The predicted octanol–water partition coefficient (Wildman–Crippen LogP) is 2.47. The van der Waals surface area contributed by atoms with Crippen LogP contribution in [0.4, 0.5) is 0 Å². The lowest BCUT2D eigenvalue weighted by atomic mass is 10.1. The average molecular weight is 259 g/mol. The molecule has 0 unspecified atom stereocenters. The third-order valence-corrected chi connectivity index (χ3v) is 3.51. The van der Waals surface area contributed by atoms with Crippen molar-refractivity contribution in [2.24, 2.45) is 0 Å². The van der Waals surface area contributed by atoms with Gasteiger partial charge in [0.25, 0.3) is 5.71 Å². The molecule has 0 radical (unpaired) electrons. The van der Waals surface area contributed by atoms with E-state index in [1.54, 1.807) is 6.07 Å². The van der Waals surface area contributed by atoms with Crippen LogP contribution in [0.2, 0.25) is 0 Å². The van der Waals surface area contributed by atoms with Gasteiger partial charge in [0.1, 0.15) is 12.0 Å². The van der Waals surface area contributed by atoms with Gasteiger partial charge in [0.2, 0.25) is 5.78 Å². The third kappa shape index (κ3) is 1.62. The van der Waals surface area contributed by atoms with E-state index < -0.39 is 0 Å². The number of ketones is 1. The number of aromatic nitrogens is 3. The first-order chi connectivity index (χ1) is 8.81. The molecule has 0 aliphatic carbocycles. The quantitative estimate of drug-likeness (QED) is 0.676. The average Bonchev–Trinajstić information content (AvgIpc) is 3.06. The maximum Gasteiger partial charge on any atom is 0.261 e. The SMILES string of the molecule is CCc1noc2ncnc(C(=O)c3cccs3)c12. The Balaban J connectivity index is 2.22. The zero-order valence-electron chi connectivity index (χ0n) is 9.58. The van der Waals surface area contributed by atoms with Gasteiger partial charge < -0.3 is 4.52 Å². The van der Waals surface area contributed by atoms with Crippen LogP contribution in [0.3, 0.4) is 0 Å². The molecule has 0 amide bonds. The minimum absolute atomic E-state index is 0.115. The maximum absolute atomic E-state index is 12.3. The molecule has 18 heavy (non-hydrogen) atoms. The van der Waals surface area contributed by atoms with E-state index in [4.69, 9.17) is 4.52 Å². The van der Waals surface area contributed by atoms with E-state index >= 15 is 0 Å². The molecule has 0 saturated heterocycles. The monoisotopic (exact) mass is 259 g/mol. The molecule has 3 heterocycles. The van der Waals surface area contributed by atoms with E-state index in [0.717, 1.165) is 0 Å². The minimum atomic E-state index is -0.115. The second-order valence-electron chi connectivity index (χ2n) is 3.69. The summed E-state index contributed by atoms with van der Waals surface area (Å²) in [4.78, 5) is 21.1. The second kappa shape index (κ2) is 4.30. The van der Waals surface area contributed by atoms with E-state index in [0.29, 0.717) is 33.8 Å². The lowest BCUT2D eigenvalue weighted by molar-refractivity contribution is 0.103. The van der Waals surface area contributed by atoms with Crippen molar-refractivity contribution in [1.82, 2.24) is 15.1 Å². The Kier molecular flexibility index (Phi) is 2.64. The molecule has 0 spiro atoms. The number of hydrogen-bond acceptors (Lipinski definition) is 6. The summed E-state index contributed by atoms with van der Waals surface area (Å²) in [6.07, 6.45) is 2.00. The van der Waals surface area contributed by atoms with E-state index in [-0.39, 0.29) is 5.78 Å². The van der Waals surface area contributed by atoms with Gasteiger partial charge in [-0.15, -0.1) is 11.3 Å². The summed E-state index contributed by atoms with van der Waals surface area (Å²) in [5.41, 5.74) is 1.44. The molecule has 0 aliphatic rings. The zero-order chi connectivity index (χ0) is 12.5. The smallest absolute Gasteiger partial charge is 0.261 e. The van der Waals surface area contributed by atoms with Crippen molar-refractivity contribution in [2.45, 2.75) is 13.3 Å². The van der Waals surface area contributed by atoms with Crippen molar-refractivity contribution >= 4 is 28.2 Å². The van der Waals surface area contributed by atoms with Gasteiger partial charge in [-0.25, -0.2) is 4.98 Å². The van der Waals surface area contributed by atoms with Crippen molar-refractivity contribution < 1.29 is 9.32 Å². The van der Waals surface area contributed by atoms with Crippen LogP contribution in [0.5, 0.6) is 0 Å². The van der Waals surface area contributed by atoms with E-state index in [2.05, 4.69) is 15.1 Å². The van der Waals surface area contributed by atoms with E-state index in [9.17, 15) is 4.79 Å². The van der Waals surface area contributed by atoms with Crippen molar-refractivity contribution in [1.29, 1.82) is 0 Å². The topological polar surface area (TPSA) is 68.9 Å². The summed E-state index contributed by atoms with van der Waals surface area (Å²) < 4.78 is 5.10. The first-order valence-corrected chi connectivity index (χ1v) is 6.36. The van der Waals surface area contributed by atoms with E-state index in [1.807, 2.05) is 18.4 Å². The van der Waals surface area contributed by atoms with Gasteiger partial charge in [0.15, 0.2) is 0 Å². The van der Waals surface area contributed by atoms with Gasteiger partial charge in [-0.2, -0.15) is 4.98 Å². The summed E-state index contributed by atoms with van der Waals surface area (Å²) in [6, 6.07) is 3.62. The van der Waals surface area contributed by atoms with Gasteiger partial charge >= 0.3 is 0 Å². The van der Waals surface area contributed by atoms with Crippen molar-refractivity contribution in [3.63, 3.8) is 0 Å². The highest BCUT2D eigenvalue weighted by Gasteiger charge is 2.20. The molecular formula is C12H9N3O2S. The number of nitrogens with zero attached hydrogens (tertiary/aromatic N) is 3. The molecule has 3 aromatic heterocycles. The van der Waals surface area contributed by atoms with Gasteiger partial charge in [-0.1, -0.05) is 18.1 Å². The molecule has 90 valence electrons. The molecule has 0 aliphatic heterocycles. The van der Waals surface area contributed by atoms with Crippen LogP contribution < -0.4 is 0 Å². The second-order valence-corrected chi connectivity index (χ2v) is 4.64. The Morgan fingerprint density at radius 3 is 3.06 bits per heavy atom. The summed E-state index contributed by atoms with van der Waals surface area (Å²) in [5, 5.41) is 6.40. The molecule has 0 fully saturated rings. The number of carbonyl (C=O) groups is 1. The van der Waals surface area contributed by atoms with Gasteiger partial charge in [-0.3, -0.25) is 4.79 Å². The highest BCUT2D eigenvalue weighted by molar-refractivity contribution is 7.12. The van der Waals surface area contributed by atoms with Crippen molar-refractivity contribution in [2.75, 3.05) is 0 Å². The molecule has 3 aromatic rings. The Hall–Kier alpha value is -2.08. The van der Waals surface area contributed by atoms with Gasteiger partial charge in [-0.05, 0) is 17.9 Å². The highest BCUT2D eigenvalue weighted by atomic mass is 32.1. The number of rotatable bonds is 3. The first-order valence-electron chi connectivity index (χ1n) is 5.48. The Bertz CT molecular complexity index is 703. The zero-order valence-corrected chi connectivity index (χ0v) is 10.4. The first kappa shape index (κ1) is 11.0. The van der Waals surface area contributed by atoms with E-state index in [1.165, 1.54) is 17.7 Å². The third-order valence-electron chi connectivity index (χ3n) is 2.64.